The Kier molecular flexibility index (Phi) is 5.89. The first-order valence-electron chi connectivity index (χ1n) is 12.9. The van der Waals surface area contributed by atoms with Crippen LogP contribution in [0, 0.1) is 19.3 Å². The summed E-state index contributed by atoms with van der Waals surface area (Å²) in [5.74, 6) is 1.69. The van der Waals surface area contributed by atoms with Crippen LogP contribution in [0.15, 0.2) is 42.7 Å². The fraction of sp³-hybridized carbons (Fsp3) is 0.393. The average Bonchev–Trinajstić information content (AvgIpc) is 3.26. The van der Waals surface area contributed by atoms with Gasteiger partial charge in [-0.05, 0) is 63.6 Å². The third kappa shape index (κ3) is 4.19. The number of anilines is 1. The van der Waals surface area contributed by atoms with Gasteiger partial charge in [0, 0.05) is 54.3 Å². The van der Waals surface area contributed by atoms with E-state index in [1.54, 1.807) is 11.1 Å². The lowest BCUT2D eigenvalue weighted by atomic mass is 9.73. The Morgan fingerprint density at radius 3 is 2.66 bits per heavy atom. The predicted molar refractivity (Wildman–Crippen MR) is 143 cm³/mol. The maximum absolute atomic E-state index is 11.9. The molecule has 1 amide bonds. The molecule has 1 spiro atoms. The van der Waals surface area contributed by atoms with Gasteiger partial charge in [-0.25, -0.2) is 9.78 Å². The van der Waals surface area contributed by atoms with E-state index in [4.69, 9.17) is 14.5 Å². The standard InChI is InChI=1S/C28H31N7O3/c1-5-37-27(36)35-15-28(16-35)13-34(14-28)24-9-6-20(12-29-24)26-22-10-21(7-8-23(22)32-33-26)38-19(4)25-17(2)11-30-31-18(25)3/h6-12,19H,5,13-16H2,1-4H3,(H,32,33)/t19-/m1/s1. The molecule has 0 radical (unpaired) electrons. The summed E-state index contributed by atoms with van der Waals surface area (Å²) in [7, 11) is 0. The van der Waals surface area contributed by atoms with Crippen molar-refractivity contribution in [2.24, 2.45) is 5.41 Å². The SMILES string of the molecule is CCOC(=O)N1CC2(C1)CN(c1ccc(-c3n[nH]c4ccc(O[C@H](C)c5c(C)cnnc5C)cc34)cn1)C2. The summed E-state index contributed by atoms with van der Waals surface area (Å²) >= 11 is 0. The number of carbonyl (C=O) groups is 1. The lowest BCUT2D eigenvalue weighted by Crippen LogP contribution is -2.73. The molecule has 10 nitrogen and oxygen atoms in total. The Labute approximate surface area is 221 Å². The second-order valence-electron chi connectivity index (χ2n) is 10.4. The summed E-state index contributed by atoms with van der Waals surface area (Å²) in [5, 5.41) is 16.9. The molecule has 4 aromatic rings. The number of fused-ring (bicyclic) bond motifs is 1. The molecule has 10 heteroatoms. The van der Waals surface area contributed by atoms with Crippen molar-refractivity contribution < 1.29 is 14.3 Å². The van der Waals surface area contributed by atoms with Crippen LogP contribution >= 0.6 is 0 Å². The number of H-pyrrole nitrogens is 1. The van der Waals surface area contributed by atoms with Crippen LogP contribution in [0.2, 0.25) is 0 Å². The molecule has 2 aliphatic rings. The van der Waals surface area contributed by atoms with E-state index in [1.807, 2.05) is 58.2 Å². The molecule has 38 heavy (non-hydrogen) atoms. The number of amides is 1. The monoisotopic (exact) mass is 513 g/mol. The molecule has 1 N–H and O–H groups in total. The van der Waals surface area contributed by atoms with Crippen molar-refractivity contribution in [1.29, 1.82) is 0 Å². The van der Waals surface area contributed by atoms with E-state index < -0.39 is 0 Å². The number of carbonyl (C=O) groups excluding carboxylic acids is 1. The highest BCUT2D eigenvalue weighted by molar-refractivity contribution is 5.93. The lowest BCUT2D eigenvalue weighted by Gasteiger charge is -2.59. The number of likely N-dealkylation sites (tertiary alicyclic amines) is 1. The Bertz CT molecular complexity index is 1470. The van der Waals surface area contributed by atoms with Crippen LogP contribution in [-0.2, 0) is 4.74 Å². The fourth-order valence-corrected chi connectivity index (χ4v) is 5.72. The molecular formula is C28H31N7O3. The van der Waals surface area contributed by atoms with Gasteiger partial charge in [0.05, 0.1) is 24.0 Å². The Balaban J connectivity index is 1.14. The molecule has 6 rings (SSSR count). The molecule has 2 fully saturated rings. The van der Waals surface area contributed by atoms with E-state index in [0.717, 1.165) is 76.7 Å². The number of hydrogen-bond acceptors (Lipinski definition) is 8. The smallest absolute Gasteiger partial charge is 0.409 e. The second kappa shape index (κ2) is 9.27. The molecule has 196 valence electrons. The van der Waals surface area contributed by atoms with Gasteiger partial charge in [0.15, 0.2) is 0 Å². The van der Waals surface area contributed by atoms with Gasteiger partial charge in [-0.15, -0.1) is 0 Å². The highest BCUT2D eigenvalue weighted by atomic mass is 16.6. The maximum Gasteiger partial charge on any atom is 0.409 e. The minimum Gasteiger partial charge on any atom is -0.486 e. The fourth-order valence-electron chi connectivity index (χ4n) is 5.72. The predicted octanol–water partition coefficient (Wildman–Crippen LogP) is 4.45. The average molecular weight is 514 g/mol. The van der Waals surface area contributed by atoms with Gasteiger partial charge in [0.25, 0.3) is 0 Å². The number of nitrogens with zero attached hydrogens (tertiary/aromatic N) is 6. The van der Waals surface area contributed by atoms with Crippen LogP contribution in [-0.4, -0.2) is 69.2 Å². The molecule has 1 atom stereocenters. The molecule has 5 heterocycles. The lowest BCUT2D eigenvalue weighted by molar-refractivity contribution is -0.0196. The van der Waals surface area contributed by atoms with Gasteiger partial charge < -0.3 is 19.3 Å². The number of pyridine rings is 1. The van der Waals surface area contributed by atoms with E-state index in [0.29, 0.717) is 6.61 Å². The largest absolute Gasteiger partial charge is 0.486 e. The number of aromatic amines is 1. The van der Waals surface area contributed by atoms with Crippen molar-refractivity contribution in [2.45, 2.75) is 33.8 Å². The van der Waals surface area contributed by atoms with E-state index in [1.165, 1.54) is 0 Å². The highest BCUT2D eigenvalue weighted by Gasteiger charge is 2.54. The first-order valence-corrected chi connectivity index (χ1v) is 12.9. The Morgan fingerprint density at radius 2 is 1.95 bits per heavy atom. The first-order chi connectivity index (χ1) is 18.4. The zero-order chi connectivity index (χ0) is 26.4. The van der Waals surface area contributed by atoms with Gasteiger partial charge in [0.2, 0.25) is 0 Å². The summed E-state index contributed by atoms with van der Waals surface area (Å²) < 4.78 is 11.4. The van der Waals surface area contributed by atoms with Gasteiger partial charge in [-0.1, -0.05) is 0 Å². The molecule has 0 aliphatic carbocycles. The third-order valence-electron chi connectivity index (χ3n) is 7.50. The van der Waals surface area contributed by atoms with Gasteiger partial charge >= 0.3 is 6.09 Å². The number of benzene rings is 1. The van der Waals surface area contributed by atoms with Crippen molar-refractivity contribution in [2.75, 3.05) is 37.7 Å². The molecule has 0 bridgehead atoms. The quantitative estimate of drug-likeness (QED) is 0.403. The minimum absolute atomic E-state index is 0.167. The molecule has 2 aliphatic heterocycles. The highest BCUT2D eigenvalue weighted by Crippen LogP contribution is 2.42. The molecule has 0 saturated carbocycles. The van der Waals surface area contributed by atoms with Crippen molar-refractivity contribution >= 4 is 22.8 Å². The maximum atomic E-state index is 11.9. The van der Waals surface area contributed by atoms with E-state index in [-0.39, 0.29) is 17.6 Å². The summed E-state index contributed by atoms with van der Waals surface area (Å²) in [6, 6.07) is 10.0. The third-order valence-corrected chi connectivity index (χ3v) is 7.50. The molecule has 1 aromatic carbocycles. The van der Waals surface area contributed by atoms with Crippen LogP contribution in [0.3, 0.4) is 0 Å². The number of aromatic nitrogens is 5. The summed E-state index contributed by atoms with van der Waals surface area (Å²) in [6.07, 6.45) is 3.25. The molecule has 2 saturated heterocycles. The van der Waals surface area contributed by atoms with Crippen LogP contribution in [0.4, 0.5) is 10.6 Å². The van der Waals surface area contributed by atoms with E-state index in [2.05, 4.69) is 31.4 Å². The van der Waals surface area contributed by atoms with Crippen LogP contribution in [0.1, 0.15) is 36.8 Å². The van der Waals surface area contributed by atoms with Crippen molar-refractivity contribution in [3.63, 3.8) is 0 Å². The Morgan fingerprint density at radius 1 is 1.13 bits per heavy atom. The minimum atomic E-state index is -0.215. The number of hydrogen-bond donors (Lipinski definition) is 1. The van der Waals surface area contributed by atoms with Gasteiger partial charge in [0.1, 0.15) is 23.4 Å². The van der Waals surface area contributed by atoms with Crippen LogP contribution in [0.5, 0.6) is 5.75 Å². The van der Waals surface area contributed by atoms with E-state index in [9.17, 15) is 4.79 Å². The van der Waals surface area contributed by atoms with Gasteiger partial charge in [-0.2, -0.15) is 15.3 Å². The zero-order valence-corrected chi connectivity index (χ0v) is 22.1. The van der Waals surface area contributed by atoms with Crippen molar-refractivity contribution in [1.82, 2.24) is 30.3 Å². The summed E-state index contributed by atoms with van der Waals surface area (Å²) in [6.45, 7) is 11.5. The zero-order valence-electron chi connectivity index (χ0n) is 22.1. The summed E-state index contributed by atoms with van der Waals surface area (Å²) in [5.41, 5.74) is 5.85. The van der Waals surface area contributed by atoms with Crippen molar-refractivity contribution in [3.8, 4) is 17.0 Å². The number of ether oxygens (including phenoxy) is 2. The van der Waals surface area contributed by atoms with E-state index >= 15 is 0 Å². The molecular weight excluding hydrogens is 482 g/mol. The topological polar surface area (TPSA) is 109 Å². The van der Waals surface area contributed by atoms with Crippen molar-refractivity contribution in [3.05, 3.63) is 59.5 Å². The summed E-state index contributed by atoms with van der Waals surface area (Å²) in [4.78, 5) is 20.6. The van der Waals surface area contributed by atoms with Crippen LogP contribution < -0.4 is 9.64 Å². The number of rotatable bonds is 6. The number of aryl methyl sites for hydroxylation is 2. The van der Waals surface area contributed by atoms with Crippen LogP contribution in [0.25, 0.3) is 22.2 Å². The Hall–Kier alpha value is -4.21. The number of nitrogens with one attached hydrogen (secondary N) is 1. The molecule has 0 unspecified atom stereocenters. The second-order valence-corrected chi connectivity index (χ2v) is 10.4. The normalized spacial score (nSPS) is 16.7. The molecule has 3 aromatic heterocycles. The van der Waals surface area contributed by atoms with Gasteiger partial charge in [-0.3, -0.25) is 5.10 Å². The first kappa shape index (κ1) is 24.1.